The molecule has 1 aromatic rings. The number of nitrogens with one attached hydrogen (secondary N) is 1. The molecular formula is C21H30N4O. The molecule has 5 heteroatoms. The summed E-state index contributed by atoms with van der Waals surface area (Å²) in [7, 11) is 0. The Balaban J connectivity index is 1.38. The number of nitrogens with zero attached hydrogens (tertiary/aromatic N) is 3. The number of benzene rings is 1. The molecular weight excluding hydrogens is 324 g/mol. The topological polar surface area (TPSA) is 59.4 Å². The zero-order valence-corrected chi connectivity index (χ0v) is 15.6. The van der Waals surface area contributed by atoms with Crippen LogP contribution in [0.3, 0.4) is 0 Å². The second-order valence-electron chi connectivity index (χ2n) is 7.66. The molecule has 0 unspecified atom stereocenters. The van der Waals surface area contributed by atoms with Crippen LogP contribution in [0.1, 0.15) is 37.7 Å². The van der Waals surface area contributed by atoms with E-state index in [4.69, 9.17) is 0 Å². The molecule has 1 aromatic carbocycles. The zero-order chi connectivity index (χ0) is 18.2. The average molecular weight is 354 g/mol. The number of rotatable bonds is 6. The number of carbonyl (C=O) groups is 1. The summed E-state index contributed by atoms with van der Waals surface area (Å²) in [6, 6.07) is 13.0. The monoisotopic (exact) mass is 354 g/mol. The molecule has 1 amide bonds. The van der Waals surface area contributed by atoms with Crippen molar-refractivity contribution in [3.8, 4) is 6.07 Å². The van der Waals surface area contributed by atoms with E-state index < -0.39 is 5.54 Å². The Morgan fingerprint density at radius 2 is 1.69 bits per heavy atom. The maximum atomic E-state index is 12.4. The summed E-state index contributed by atoms with van der Waals surface area (Å²) in [5, 5.41) is 12.5. The summed E-state index contributed by atoms with van der Waals surface area (Å²) < 4.78 is 0. The second kappa shape index (κ2) is 9.16. The molecule has 2 aliphatic rings. The Morgan fingerprint density at radius 3 is 2.35 bits per heavy atom. The lowest BCUT2D eigenvalue weighted by atomic mass is 9.83. The summed E-state index contributed by atoms with van der Waals surface area (Å²) in [4.78, 5) is 17.1. The van der Waals surface area contributed by atoms with Crippen LogP contribution in [0.5, 0.6) is 0 Å². The van der Waals surface area contributed by atoms with E-state index in [2.05, 4.69) is 51.5 Å². The lowest BCUT2D eigenvalue weighted by Crippen LogP contribution is -2.54. The predicted octanol–water partition coefficient (Wildman–Crippen LogP) is 2.19. The number of amides is 1. The van der Waals surface area contributed by atoms with Crippen LogP contribution >= 0.6 is 0 Å². The van der Waals surface area contributed by atoms with Gasteiger partial charge >= 0.3 is 0 Å². The van der Waals surface area contributed by atoms with E-state index in [1.807, 2.05) is 0 Å². The maximum absolute atomic E-state index is 12.4. The lowest BCUT2D eigenvalue weighted by molar-refractivity contribution is -0.124. The van der Waals surface area contributed by atoms with Crippen molar-refractivity contribution in [3.05, 3.63) is 35.9 Å². The highest BCUT2D eigenvalue weighted by Crippen LogP contribution is 2.27. The van der Waals surface area contributed by atoms with Gasteiger partial charge in [0.25, 0.3) is 0 Å². The summed E-state index contributed by atoms with van der Waals surface area (Å²) >= 11 is 0. The van der Waals surface area contributed by atoms with Gasteiger partial charge in [0, 0.05) is 32.7 Å². The van der Waals surface area contributed by atoms with E-state index in [9.17, 15) is 10.1 Å². The molecule has 1 saturated heterocycles. The van der Waals surface area contributed by atoms with E-state index in [0.717, 1.165) is 64.8 Å². The fraction of sp³-hybridized carbons (Fsp3) is 0.619. The van der Waals surface area contributed by atoms with Crippen molar-refractivity contribution in [3.63, 3.8) is 0 Å². The maximum Gasteiger partial charge on any atom is 0.235 e. The first kappa shape index (κ1) is 18.9. The summed E-state index contributed by atoms with van der Waals surface area (Å²) in [5.41, 5.74) is 0.760. The van der Waals surface area contributed by atoms with Gasteiger partial charge in [-0.05, 0) is 24.8 Å². The Labute approximate surface area is 157 Å². The van der Waals surface area contributed by atoms with Gasteiger partial charge in [-0.2, -0.15) is 5.26 Å². The van der Waals surface area contributed by atoms with Gasteiger partial charge in [0.15, 0.2) is 0 Å². The molecule has 2 fully saturated rings. The van der Waals surface area contributed by atoms with Gasteiger partial charge in [-0.3, -0.25) is 9.69 Å². The van der Waals surface area contributed by atoms with Crippen molar-refractivity contribution < 1.29 is 4.79 Å². The van der Waals surface area contributed by atoms with Gasteiger partial charge in [-0.1, -0.05) is 49.6 Å². The normalized spacial score (nSPS) is 21.0. The minimum Gasteiger partial charge on any atom is -0.337 e. The largest absolute Gasteiger partial charge is 0.337 e. The standard InChI is InChI=1S/C21H30N4O/c22-18-21(10-5-2-6-11-21)23-20(26)17-25-15-13-24(14-16-25)12-9-19-7-3-1-4-8-19/h1,3-4,7-8H,2,5-6,9-17H2,(H,23,26). The van der Waals surface area contributed by atoms with E-state index in [1.165, 1.54) is 12.0 Å². The highest BCUT2D eigenvalue weighted by atomic mass is 16.2. The minimum absolute atomic E-state index is 0.00573. The molecule has 140 valence electrons. The highest BCUT2D eigenvalue weighted by molar-refractivity contribution is 5.79. The predicted molar refractivity (Wildman–Crippen MR) is 103 cm³/mol. The van der Waals surface area contributed by atoms with Crippen molar-refractivity contribution in [1.82, 2.24) is 15.1 Å². The van der Waals surface area contributed by atoms with E-state index in [0.29, 0.717) is 6.54 Å². The van der Waals surface area contributed by atoms with Crippen LogP contribution < -0.4 is 5.32 Å². The third kappa shape index (κ3) is 5.30. The molecule has 1 N–H and O–H groups in total. The first-order chi connectivity index (χ1) is 12.7. The lowest BCUT2D eigenvalue weighted by Gasteiger charge is -2.36. The van der Waals surface area contributed by atoms with Gasteiger partial charge < -0.3 is 10.2 Å². The third-order valence-electron chi connectivity index (χ3n) is 5.69. The fourth-order valence-electron chi connectivity index (χ4n) is 4.03. The fourth-order valence-corrected chi connectivity index (χ4v) is 4.03. The Hall–Kier alpha value is -1.90. The number of piperazine rings is 1. The Bertz CT molecular complexity index is 611. The van der Waals surface area contributed by atoms with Crippen LogP contribution in [0.25, 0.3) is 0 Å². The van der Waals surface area contributed by atoms with Crippen molar-refractivity contribution in [2.75, 3.05) is 39.3 Å². The van der Waals surface area contributed by atoms with Crippen molar-refractivity contribution in [1.29, 1.82) is 5.26 Å². The molecule has 26 heavy (non-hydrogen) atoms. The van der Waals surface area contributed by atoms with Crippen LogP contribution in [0.15, 0.2) is 30.3 Å². The molecule has 3 rings (SSSR count). The quantitative estimate of drug-likeness (QED) is 0.851. The first-order valence-corrected chi connectivity index (χ1v) is 9.90. The Morgan fingerprint density at radius 1 is 1.04 bits per heavy atom. The molecule has 0 bridgehead atoms. The summed E-state index contributed by atoms with van der Waals surface area (Å²) in [5.74, 6) is 0.00573. The highest BCUT2D eigenvalue weighted by Gasteiger charge is 2.34. The third-order valence-corrected chi connectivity index (χ3v) is 5.69. The number of hydrogen-bond donors (Lipinski definition) is 1. The zero-order valence-electron chi connectivity index (χ0n) is 15.6. The van der Waals surface area contributed by atoms with Crippen molar-refractivity contribution in [2.45, 2.75) is 44.1 Å². The van der Waals surface area contributed by atoms with Gasteiger partial charge in [0.1, 0.15) is 5.54 Å². The number of carbonyl (C=O) groups excluding carboxylic acids is 1. The van der Waals surface area contributed by atoms with Crippen molar-refractivity contribution in [2.24, 2.45) is 0 Å². The Kier molecular flexibility index (Phi) is 6.65. The van der Waals surface area contributed by atoms with Crippen LogP contribution in [-0.4, -0.2) is 60.5 Å². The van der Waals surface area contributed by atoms with Gasteiger partial charge in [0.05, 0.1) is 12.6 Å². The molecule has 1 aliphatic carbocycles. The molecule has 1 aliphatic heterocycles. The first-order valence-electron chi connectivity index (χ1n) is 9.90. The van der Waals surface area contributed by atoms with Crippen LogP contribution in [-0.2, 0) is 11.2 Å². The van der Waals surface area contributed by atoms with Crippen LogP contribution in [0.2, 0.25) is 0 Å². The van der Waals surface area contributed by atoms with E-state index in [-0.39, 0.29) is 5.91 Å². The van der Waals surface area contributed by atoms with E-state index >= 15 is 0 Å². The van der Waals surface area contributed by atoms with Crippen molar-refractivity contribution >= 4 is 5.91 Å². The number of hydrogen-bond acceptors (Lipinski definition) is 4. The minimum atomic E-state index is -0.618. The average Bonchev–Trinajstić information content (AvgIpc) is 2.69. The molecule has 0 spiro atoms. The van der Waals surface area contributed by atoms with Crippen LogP contribution in [0, 0.1) is 11.3 Å². The molecule has 0 atom stereocenters. The molecule has 0 aromatic heterocycles. The summed E-state index contributed by atoms with van der Waals surface area (Å²) in [6.07, 6.45) is 5.91. The van der Waals surface area contributed by atoms with Gasteiger partial charge in [-0.15, -0.1) is 0 Å². The van der Waals surface area contributed by atoms with Gasteiger partial charge in [-0.25, -0.2) is 0 Å². The van der Waals surface area contributed by atoms with Gasteiger partial charge in [0.2, 0.25) is 5.91 Å². The van der Waals surface area contributed by atoms with E-state index in [1.54, 1.807) is 0 Å². The summed E-state index contributed by atoms with van der Waals surface area (Å²) in [6.45, 7) is 5.33. The molecule has 1 heterocycles. The molecule has 5 nitrogen and oxygen atoms in total. The second-order valence-corrected chi connectivity index (χ2v) is 7.66. The molecule has 0 radical (unpaired) electrons. The SMILES string of the molecule is N#CC1(NC(=O)CN2CCN(CCc3ccccc3)CC2)CCCCC1. The van der Waals surface area contributed by atoms with Crippen LogP contribution in [0.4, 0.5) is 0 Å². The smallest absolute Gasteiger partial charge is 0.235 e. The molecule has 1 saturated carbocycles. The number of nitriles is 1.